The highest BCUT2D eigenvalue weighted by molar-refractivity contribution is 5.54. The van der Waals surface area contributed by atoms with Crippen molar-refractivity contribution in [2.24, 2.45) is 11.6 Å². The molecule has 1 saturated heterocycles. The van der Waals surface area contributed by atoms with E-state index in [2.05, 4.69) is 28.4 Å². The molecule has 3 aliphatic rings. The molecule has 7 heteroatoms. The third kappa shape index (κ3) is 2.95. The lowest BCUT2D eigenvalue weighted by Gasteiger charge is -2.44. The van der Waals surface area contributed by atoms with Crippen LogP contribution < -0.4 is 16.9 Å². The second-order valence-electron chi connectivity index (χ2n) is 6.09. The topological polar surface area (TPSA) is 89.0 Å². The monoisotopic (exact) mass is 333 g/mol. The van der Waals surface area contributed by atoms with Gasteiger partial charge in [0.2, 0.25) is 0 Å². The van der Waals surface area contributed by atoms with Crippen molar-refractivity contribution in [3.63, 3.8) is 0 Å². The summed E-state index contributed by atoms with van der Waals surface area (Å²) in [6, 6.07) is 0. The molecule has 0 aromatic rings. The molecule has 2 aliphatic heterocycles. The smallest absolute Gasteiger partial charge is 0.103 e. The molecule has 1 atom stereocenters. The number of nitrogens with zero attached hydrogens (tertiary/aromatic N) is 2. The number of hydrogen-bond acceptors (Lipinski definition) is 7. The zero-order valence-electron chi connectivity index (χ0n) is 14.2. The molecule has 0 aromatic heterocycles. The van der Waals surface area contributed by atoms with Crippen LogP contribution in [0.4, 0.5) is 0 Å². The molecule has 24 heavy (non-hydrogen) atoms. The molecular weight excluding hydrogens is 306 g/mol. The van der Waals surface area contributed by atoms with Crippen LogP contribution in [-0.4, -0.2) is 62.1 Å². The van der Waals surface area contributed by atoms with Crippen molar-refractivity contribution in [2.75, 3.05) is 46.7 Å². The molecule has 0 spiro atoms. The number of hydrazine groups is 1. The van der Waals surface area contributed by atoms with Crippen LogP contribution in [-0.2, 0) is 9.47 Å². The van der Waals surface area contributed by atoms with E-state index in [0.717, 1.165) is 31.0 Å². The fourth-order valence-electron chi connectivity index (χ4n) is 3.42. The highest BCUT2D eigenvalue weighted by atomic mass is 16.5. The highest BCUT2D eigenvalue weighted by Gasteiger charge is 2.43. The Morgan fingerprint density at radius 1 is 1.29 bits per heavy atom. The van der Waals surface area contributed by atoms with Crippen LogP contribution in [0.15, 0.2) is 47.5 Å². The first-order valence-electron chi connectivity index (χ1n) is 8.35. The number of ether oxygens (including phenoxy) is 2. The maximum absolute atomic E-state index is 6.44. The van der Waals surface area contributed by atoms with E-state index in [1.807, 2.05) is 12.3 Å². The molecule has 132 valence electrons. The third-order valence-corrected chi connectivity index (χ3v) is 4.70. The Kier molecular flexibility index (Phi) is 5.25. The van der Waals surface area contributed by atoms with Crippen LogP contribution >= 0.6 is 0 Å². The number of allylic oxidation sites excluding steroid dienone is 2. The van der Waals surface area contributed by atoms with E-state index in [1.54, 1.807) is 12.1 Å². The van der Waals surface area contributed by atoms with Gasteiger partial charge in [-0.2, -0.15) is 0 Å². The molecule has 0 radical (unpaired) electrons. The molecule has 7 nitrogen and oxygen atoms in total. The molecule has 1 fully saturated rings. The summed E-state index contributed by atoms with van der Waals surface area (Å²) in [5.74, 6) is 6.44. The Morgan fingerprint density at radius 3 is 2.96 bits per heavy atom. The van der Waals surface area contributed by atoms with Crippen LogP contribution in [0, 0.1) is 0 Å². The fourth-order valence-corrected chi connectivity index (χ4v) is 3.42. The normalized spacial score (nSPS) is 24.9. The summed E-state index contributed by atoms with van der Waals surface area (Å²) in [7, 11) is 1.72. The summed E-state index contributed by atoms with van der Waals surface area (Å²) in [5, 5.41) is 5.33. The van der Waals surface area contributed by atoms with Crippen molar-refractivity contribution >= 4 is 0 Å². The van der Waals surface area contributed by atoms with E-state index < -0.39 is 0 Å². The van der Waals surface area contributed by atoms with Crippen molar-refractivity contribution in [3.8, 4) is 0 Å². The number of hydrogen-bond donors (Lipinski definition) is 3. The van der Waals surface area contributed by atoms with Gasteiger partial charge < -0.3 is 30.4 Å². The fraction of sp³-hybridized carbons (Fsp3) is 0.529. The largest absolute Gasteiger partial charge is 0.385 e. The predicted molar refractivity (Wildman–Crippen MR) is 93.2 cm³/mol. The number of nitrogens with two attached hydrogens (primary N) is 2. The Balaban J connectivity index is 1.81. The quantitative estimate of drug-likeness (QED) is 0.426. The highest BCUT2D eigenvalue weighted by Crippen LogP contribution is 2.41. The summed E-state index contributed by atoms with van der Waals surface area (Å²) in [5.41, 5.74) is 8.54. The summed E-state index contributed by atoms with van der Waals surface area (Å²) >= 11 is 0. The van der Waals surface area contributed by atoms with Gasteiger partial charge in [-0.05, 0) is 0 Å². The molecule has 0 bridgehead atoms. The van der Waals surface area contributed by atoms with E-state index in [0.29, 0.717) is 26.4 Å². The lowest BCUT2D eigenvalue weighted by atomic mass is 9.79. The van der Waals surface area contributed by atoms with Crippen molar-refractivity contribution in [3.05, 3.63) is 47.5 Å². The van der Waals surface area contributed by atoms with E-state index in [4.69, 9.17) is 21.1 Å². The Bertz CT molecular complexity index is 584. The molecule has 0 saturated carbocycles. The van der Waals surface area contributed by atoms with E-state index in [1.165, 1.54) is 5.57 Å². The number of rotatable bonds is 8. The van der Waals surface area contributed by atoms with E-state index in [9.17, 15) is 0 Å². The van der Waals surface area contributed by atoms with Gasteiger partial charge in [-0.3, -0.25) is 0 Å². The average Bonchev–Trinajstić information content (AvgIpc) is 3.00. The Morgan fingerprint density at radius 2 is 2.17 bits per heavy atom. The minimum atomic E-state index is -0.358. The van der Waals surface area contributed by atoms with Gasteiger partial charge in [0, 0.05) is 45.0 Å². The first-order chi connectivity index (χ1) is 11.7. The van der Waals surface area contributed by atoms with Crippen LogP contribution in [0.3, 0.4) is 0 Å². The standard InChI is InChI=1S/C17H27N5O2/c1-23-9-6-17-5-3-2-4-14(17)16-15(12-22(17)19)21(13-20-16)8-11-24-10-7-18/h2-5,12,20H,6-11,13,18-19H2,1H3. The molecular formula is C17H27N5O2. The molecule has 2 heterocycles. The SMILES string of the molecule is COCCC12C=CC=CC1=C1NCN(CCOCCN)C1=CN2N. The van der Waals surface area contributed by atoms with Crippen LogP contribution in [0.25, 0.3) is 0 Å². The molecule has 1 unspecified atom stereocenters. The van der Waals surface area contributed by atoms with Gasteiger partial charge >= 0.3 is 0 Å². The first kappa shape index (κ1) is 17.0. The van der Waals surface area contributed by atoms with Gasteiger partial charge in [0.15, 0.2) is 0 Å². The summed E-state index contributed by atoms with van der Waals surface area (Å²) < 4.78 is 10.8. The van der Waals surface area contributed by atoms with Crippen LogP contribution in [0.2, 0.25) is 0 Å². The first-order valence-corrected chi connectivity index (χ1v) is 8.35. The minimum Gasteiger partial charge on any atom is -0.385 e. The van der Waals surface area contributed by atoms with Gasteiger partial charge in [-0.1, -0.05) is 24.3 Å². The van der Waals surface area contributed by atoms with Gasteiger partial charge in [-0.15, -0.1) is 0 Å². The van der Waals surface area contributed by atoms with Gasteiger partial charge in [0.1, 0.15) is 5.54 Å². The van der Waals surface area contributed by atoms with Crippen molar-refractivity contribution in [1.82, 2.24) is 15.2 Å². The number of methoxy groups -OCH3 is 1. The molecule has 0 aromatic carbocycles. The molecule has 3 rings (SSSR count). The van der Waals surface area contributed by atoms with E-state index in [-0.39, 0.29) is 5.54 Å². The zero-order valence-corrected chi connectivity index (χ0v) is 14.2. The van der Waals surface area contributed by atoms with Crippen LogP contribution in [0.5, 0.6) is 0 Å². The maximum atomic E-state index is 6.44. The average molecular weight is 333 g/mol. The second-order valence-corrected chi connectivity index (χ2v) is 6.09. The van der Waals surface area contributed by atoms with Crippen molar-refractivity contribution < 1.29 is 9.47 Å². The molecule has 5 N–H and O–H groups in total. The van der Waals surface area contributed by atoms with Crippen molar-refractivity contribution in [2.45, 2.75) is 12.0 Å². The third-order valence-electron chi connectivity index (χ3n) is 4.70. The van der Waals surface area contributed by atoms with Gasteiger partial charge in [0.25, 0.3) is 0 Å². The van der Waals surface area contributed by atoms with Gasteiger partial charge in [0.05, 0.1) is 31.3 Å². The lowest BCUT2D eigenvalue weighted by molar-refractivity contribution is 0.119. The van der Waals surface area contributed by atoms with Crippen molar-refractivity contribution in [1.29, 1.82) is 0 Å². The zero-order chi connectivity index (χ0) is 17.0. The number of nitrogens with one attached hydrogen (secondary N) is 1. The second kappa shape index (κ2) is 7.40. The summed E-state index contributed by atoms with van der Waals surface area (Å²) in [6.45, 7) is 3.98. The minimum absolute atomic E-state index is 0.358. The Labute approximate surface area is 143 Å². The lowest BCUT2D eigenvalue weighted by Crippen LogP contribution is -2.53. The number of fused-ring (bicyclic) bond motifs is 2. The molecule has 0 amide bonds. The summed E-state index contributed by atoms with van der Waals surface area (Å²) in [6.07, 6.45) is 11.2. The predicted octanol–water partition coefficient (Wildman–Crippen LogP) is 0.0105. The molecule has 1 aliphatic carbocycles. The Hall–Kier alpha value is -1.80. The maximum Gasteiger partial charge on any atom is 0.103 e. The van der Waals surface area contributed by atoms with Gasteiger partial charge in [-0.25, -0.2) is 5.84 Å². The van der Waals surface area contributed by atoms with Crippen LogP contribution in [0.1, 0.15) is 6.42 Å². The van der Waals surface area contributed by atoms with E-state index >= 15 is 0 Å². The summed E-state index contributed by atoms with van der Waals surface area (Å²) in [4.78, 5) is 2.24.